The van der Waals surface area contributed by atoms with E-state index < -0.39 is 11.9 Å². The maximum absolute atomic E-state index is 9.10. The third-order valence-corrected chi connectivity index (χ3v) is 3.82. The molecular weight excluding hydrogens is 290 g/mol. The van der Waals surface area contributed by atoms with Gasteiger partial charge < -0.3 is 19.6 Å². The van der Waals surface area contributed by atoms with Crippen LogP contribution in [0.1, 0.15) is 31.5 Å². The average Bonchev–Trinajstić information content (AvgIpc) is 2.94. The lowest BCUT2D eigenvalue weighted by atomic mass is 9.72. The topological polar surface area (TPSA) is 117 Å². The van der Waals surface area contributed by atoms with Gasteiger partial charge in [-0.25, -0.2) is 9.59 Å². The van der Waals surface area contributed by atoms with E-state index in [0.29, 0.717) is 0 Å². The van der Waals surface area contributed by atoms with E-state index in [1.54, 1.807) is 0 Å². The first-order valence-electron chi connectivity index (χ1n) is 7.09. The minimum absolute atomic E-state index is 0.194. The van der Waals surface area contributed by atoms with Crippen LogP contribution in [0.4, 0.5) is 0 Å². The Morgan fingerprint density at radius 2 is 2.05 bits per heavy atom. The lowest BCUT2D eigenvalue weighted by Crippen LogP contribution is -2.63. The standard InChI is InChI=1S/C12H17N3O.C2H2O4/c1-2-3-5-10-13-11(16-14-10)12-6-4-7-15(8-12)9-12;3-1(4)2(5)6/h2-3H,4-9H2,1H3;(H,3,4)(H,5,6). The minimum Gasteiger partial charge on any atom is -0.473 e. The number of hydrogen-bond acceptors (Lipinski definition) is 6. The van der Waals surface area contributed by atoms with Crippen LogP contribution in [-0.4, -0.2) is 56.8 Å². The zero-order valence-corrected chi connectivity index (χ0v) is 12.4. The van der Waals surface area contributed by atoms with Gasteiger partial charge in [0.05, 0.1) is 5.41 Å². The van der Waals surface area contributed by atoms with Gasteiger partial charge in [0.15, 0.2) is 5.82 Å². The molecule has 0 radical (unpaired) electrons. The molecule has 0 saturated carbocycles. The molecule has 1 aromatic rings. The maximum atomic E-state index is 9.10. The van der Waals surface area contributed by atoms with Crippen molar-refractivity contribution >= 4 is 11.9 Å². The molecule has 2 bridgehead atoms. The minimum atomic E-state index is -1.82. The first-order valence-corrected chi connectivity index (χ1v) is 7.09. The highest BCUT2D eigenvalue weighted by Crippen LogP contribution is 2.41. The number of hydrogen-bond donors (Lipinski definition) is 2. The number of rotatable bonds is 3. The van der Waals surface area contributed by atoms with Crippen LogP contribution in [-0.2, 0) is 21.4 Å². The number of carbonyl (C=O) groups is 2. The summed E-state index contributed by atoms with van der Waals surface area (Å²) in [6.07, 6.45) is 7.31. The monoisotopic (exact) mass is 309 g/mol. The summed E-state index contributed by atoms with van der Waals surface area (Å²) in [5.41, 5.74) is 0.194. The Bertz CT molecular complexity index is 557. The summed E-state index contributed by atoms with van der Waals surface area (Å²) in [4.78, 5) is 25.2. The summed E-state index contributed by atoms with van der Waals surface area (Å²) < 4.78 is 5.42. The summed E-state index contributed by atoms with van der Waals surface area (Å²) in [5.74, 6) is -1.97. The summed E-state index contributed by atoms with van der Waals surface area (Å²) in [6.45, 7) is 5.46. The number of carboxylic acids is 2. The molecule has 120 valence electrons. The van der Waals surface area contributed by atoms with Crippen LogP contribution < -0.4 is 0 Å². The SMILES string of the molecule is CC=CCc1noc(C23CCCN(C2)C3)n1.O=C(O)C(=O)O. The van der Waals surface area contributed by atoms with Crippen molar-refractivity contribution < 1.29 is 24.3 Å². The fraction of sp³-hybridized carbons (Fsp3) is 0.571. The fourth-order valence-corrected chi connectivity index (χ4v) is 2.78. The second-order valence-corrected chi connectivity index (χ2v) is 5.49. The highest BCUT2D eigenvalue weighted by atomic mass is 16.5. The van der Waals surface area contributed by atoms with Gasteiger partial charge in [0.1, 0.15) is 0 Å². The van der Waals surface area contributed by atoms with Crippen LogP contribution in [0.3, 0.4) is 0 Å². The molecule has 0 aliphatic carbocycles. The number of piperidine rings is 2. The second kappa shape index (κ2) is 6.69. The lowest BCUT2D eigenvalue weighted by molar-refractivity contribution is -0.159. The van der Waals surface area contributed by atoms with Crippen LogP contribution in [0.25, 0.3) is 0 Å². The molecule has 2 N–H and O–H groups in total. The number of fused-ring (bicyclic) bond motifs is 2. The van der Waals surface area contributed by atoms with Gasteiger partial charge in [0, 0.05) is 19.5 Å². The van der Waals surface area contributed by atoms with Crippen molar-refractivity contribution in [1.29, 1.82) is 0 Å². The number of carboxylic acid groups (broad SMARTS) is 2. The first-order chi connectivity index (χ1) is 10.5. The molecule has 8 nitrogen and oxygen atoms in total. The van der Waals surface area contributed by atoms with Crippen LogP contribution in [0.15, 0.2) is 16.7 Å². The van der Waals surface area contributed by atoms with Gasteiger partial charge in [-0.15, -0.1) is 0 Å². The predicted octanol–water partition coefficient (Wildman–Crippen LogP) is 0.691. The van der Waals surface area contributed by atoms with Gasteiger partial charge in [0.2, 0.25) is 5.89 Å². The summed E-state index contributed by atoms with van der Waals surface area (Å²) in [5, 5.41) is 18.8. The highest BCUT2D eigenvalue weighted by molar-refractivity contribution is 6.27. The largest absolute Gasteiger partial charge is 0.473 e. The third-order valence-electron chi connectivity index (χ3n) is 3.82. The smallest absolute Gasteiger partial charge is 0.414 e. The molecule has 0 atom stereocenters. The lowest BCUT2D eigenvalue weighted by Gasteiger charge is -2.52. The molecule has 3 aliphatic rings. The normalized spacial score (nSPS) is 26.0. The molecule has 3 aliphatic heterocycles. The van der Waals surface area contributed by atoms with E-state index in [-0.39, 0.29) is 5.41 Å². The van der Waals surface area contributed by atoms with Crippen molar-refractivity contribution in [2.75, 3.05) is 19.6 Å². The Morgan fingerprint density at radius 3 is 2.55 bits per heavy atom. The molecule has 0 amide bonds. The molecule has 0 aromatic carbocycles. The highest BCUT2D eigenvalue weighted by Gasteiger charge is 2.50. The number of aliphatic carboxylic acids is 2. The third kappa shape index (κ3) is 3.51. The van der Waals surface area contributed by atoms with Crippen molar-refractivity contribution in [2.45, 2.75) is 31.6 Å². The summed E-state index contributed by atoms with van der Waals surface area (Å²) >= 11 is 0. The van der Waals surface area contributed by atoms with Crippen molar-refractivity contribution in [2.24, 2.45) is 0 Å². The van der Waals surface area contributed by atoms with Gasteiger partial charge in [-0.2, -0.15) is 4.98 Å². The molecule has 1 aromatic heterocycles. The van der Waals surface area contributed by atoms with E-state index in [1.165, 1.54) is 19.4 Å². The molecule has 0 unspecified atom stereocenters. The van der Waals surface area contributed by atoms with Gasteiger partial charge >= 0.3 is 11.9 Å². The Labute approximate surface area is 127 Å². The molecule has 3 saturated heterocycles. The zero-order valence-electron chi connectivity index (χ0n) is 12.4. The predicted molar refractivity (Wildman–Crippen MR) is 75.4 cm³/mol. The van der Waals surface area contributed by atoms with Crippen LogP contribution in [0.2, 0.25) is 0 Å². The zero-order chi connectivity index (χ0) is 16.2. The molecule has 0 spiro atoms. The molecule has 4 heterocycles. The van der Waals surface area contributed by atoms with Crippen molar-refractivity contribution in [3.05, 3.63) is 23.9 Å². The van der Waals surface area contributed by atoms with Gasteiger partial charge in [0.25, 0.3) is 0 Å². The van der Waals surface area contributed by atoms with E-state index in [2.05, 4.69) is 21.1 Å². The van der Waals surface area contributed by atoms with Crippen LogP contribution >= 0.6 is 0 Å². The van der Waals surface area contributed by atoms with Gasteiger partial charge in [-0.3, -0.25) is 0 Å². The van der Waals surface area contributed by atoms with Gasteiger partial charge in [-0.1, -0.05) is 17.3 Å². The molecule has 3 fully saturated rings. The molecule has 22 heavy (non-hydrogen) atoms. The van der Waals surface area contributed by atoms with Gasteiger partial charge in [-0.05, 0) is 26.3 Å². The van der Waals surface area contributed by atoms with Crippen LogP contribution in [0, 0.1) is 0 Å². The second-order valence-electron chi connectivity index (χ2n) is 5.49. The number of nitrogens with zero attached hydrogens (tertiary/aromatic N) is 3. The van der Waals surface area contributed by atoms with Crippen LogP contribution in [0.5, 0.6) is 0 Å². The van der Waals surface area contributed by atoms with E-state index in [9.17, 15) is 0 Å². The fourth-order valence-electron chi connectivity index (χ4n) is 2.78. The summed E-state index contributed by atoms with van der Waals surface area (Å²) in [7, 11) is 0. The molecular formula is C14H19N3O5. The Morgan fingerprint density at radius 1 is 1.36 bits per heavy atom. The van der Waals surface area contributed by atoms with Crippen molar-refractivity contribution in [3.8, 4) is 0 Å². The average molecular weight is 309 g/mol. The van der Waals surface area contributed by atoms with E-state index >= 15 is 0 Å². The molecule has 8 heteroatoms. The van der Waals surface area contributed by atoms with E-state index in [4.69, 9.17) is 24.3 Å². The maximum Gasteiger partial charge on any atom is 0.414 e. The summed E-state index contributed by atoms with van der Waals surface area (Å²) in [6, 6.07) is 0. The first kappa shape index (κ1) is 16.2. The molecule has 4 rings (SSSR count). The number of aromatic nitrogens is 2. The van der Waals surface area contributed by atoms with Crippen molar-refractivity contribution in [3.63, 3.8) is 0 Å². The Kier molecular flexibility index (Phi) is 4.92. The Hall–Kier alpha value is -2.22. The van der Waals surface area contributed by atoms with Crippen molar-refractivity contribution in [1.82, 2.24) is 15.0 Å². The quantitative estimate of drug-likeness (QED) is 0.618. The number of allylic oxidation sites excluding steroid dienone is 2. The Balaban J connectivity index is 0.000000254. The van der Waals surface area contributed by atoms with E-state index in [0.717, 1.165) is 31.2 Å². The van der Waals surface area contributed by atoms with E-state index in [1.807, 2.05) is 13.0 Å².